The molecule has 1 aliphatic carbocycles. The minimum Gasteiger partial charge on any atom is -0.391 e. The van der Waals surface area contributed by atoms with Crippen LogP contribution in [0.1, 0.15) is 58.3 Å². The Morgan fingerprint density at radius 1 is 1.26 bits per heavy atom. The van der Waals surface area contributed by atoms with E-state index in [1.165, 1.54) is 12.8 Å². The van der Waals surface area contributed by atoms with Crippen LogP contribution in [0.4, 0.5) is 0 Å². The topological polar surface area (TPSA) is 64.4 Å². The van der Waals surface area contributed by atoms with Gasteiger partial charge in [-0.05, 0) is 32.6 Å². The van der Waals surface area contributed by atoms with E-state index >= 15 is 0 Å². The maximum absolute atomic E-state index is 12.3. The van der Waals surface area contributed by atoms with E-state index in [1.807, 2.05) is 6.92 Å². The van der Waals surface area contributed by atoms with E-state index in [0.717, 1.165) is 38.5 Å². The molecular weight excluding hydrogens is 260 g/mol. The molecule has 5 heteroatoms. The maximum Gasteiger partial charge on any atom is 0.249 e. The number of thiocarbonyl (C=S) groups is 1. The predicted octanol–water partition coefficient (Wildman–Crippen LogP) is 2.05. The van der Waals surface area contributed by atoms with Gasteiger partial charge in [0.05, 0.1) is 16.6 Å². The van der Waals surface area contributed by atoms with Crippen molar-refractivity contribution in [3.63, 3.8) is 0 Å². The van der Waals surface area contributed by atoms with Crippen LogP contribution in [0.2, 0.25) is 0 Å². The molecule has 0 aromatic rings. The Hall–Kier alpha value is -0.680. The van der Waals surface area contributed by atoms with Gasteiger partial charge in [-0.25, -0.2) is 0 Å². The van der Waals surface area contributed by atoms with Crippen LogP contribution in [-0.2, 0) is 9.53 Å². The zero-order valence-electron chi connectivity index (χ0n) is 11.6. The van der Waals surface area contributed by atoms with Crippen LogP contribution in [0.5, 0.6) is 0 Å². The minimum absolute atomic E-state index is 0.0425. The quantitative estimate of drug-likeness (QED) is 0.615. The predicted molar refractivity (Wildman–Crippen MR) is 78.9 cm³/mol. The third-order valence-corrected chi connectivity index (χ3v) is 4.71. The fourth-order valence-corrected chi connectivity index (χ4v) is 3.33. The van der Waals surface area contributed by atoms with Crippen molar-refractivity contribution in [2.24, 2.45) is 5.73 Å². The molecule has 1 saturated carbocycles. The third-order valence-electron chi connectivity index (χ3n) is 4.32. The SMILES string of the molecule is CC1CCC(C(=O)NC2(C(N)=S)CCCCCC2)O1. The fourth-order valence-electron chi connectivity index (χ4n) is 3.08. The molecule has 1 amide bonds. The molecule has 0 radical (unpaired) electrons. The molecule has 3 N–H and O–H groups in total. The summed E-state index contributed by atoms with van der Waals surface area (Å²) in [4.78, 5) is 12.8. The summed E-state index contributed by atoms with van der Waals surface area (Å²) in [6.45, 7) is 2.00. The molecule has 2 unspecified atom stereocenters. The molecule has 1 aliphatic heterocycles. The summed E-state index contributed by atoms with van der Waals surface area (Å²) in [7, 11) is 0. The maximum atomic E-state index is 12.3. The highest BCUT2D eigenvalue weighted by molar-refractivity contribution is 7.80. The van der Waals surface area contributed by atoms with Crippen molar-refractivity contribution in [1.29, 1.82) is 0 Å². The highest BCUT2D eigenvalue weighted by Gasteiger charge is 2.38. The van der Waals surface area contributed by atoms with Crippen molar-refractivity contribution < 1.29 is 9.53 Å². The average Bonchev–Trinajstić information content (AvgIpc) is 2.65. The van der Waals surface area contributed by atoms with Crippen molar-refractivity contribution in [3.05, 3.63) is 0 Å². The van der Waals surface area contributed by atoms with E-state index in [1.54, 1.807) is 0 Å². The van der Waals surface area contributed by atoms with Gasteiger partial charge in [0, 0.05) is 0 Å². The Morgan fingerprint density at radius 2 is 1.89 bits per heavy atom. The molecule has 0 spiro atoms. The Morgan fingerprint density at radius 3 is 2.37 bits per heavy atom. The summed E-state index contributed by atoms with van der Waals surface area (Å²) < 4.78 is 5.62. The monoisotopic (exact) mass is 284 g/mol. The average molecular weight is 284 g/mol. The lowest BCUT2D eigenvalue weighted by Crippen LogP contribution is -2.58. The Kier molecular flexibility index (Phi) is 4.79. The molecule has 19 heavy (non-hydrogen) atoms. The lowest BCUT2D eigenvalue weighted by Gasteiger charge is -2.33. The van der Waals surface area contributed by atoms with Crippen LogP contribution < -0.4 is 11.1 Å². The number of hydrogen-bond acceptors (Lipinski definition) is 3. The van der Waals surface area contributed by atoms with E-state index in [2.05, 4.69) is 5.32 Å². The lowest BCUT2D eigenvalue weighted by molar-refractivity contribution is -0.133. The molecule has 2 aliphatic rings. The van der Waals surface area contributed by atoms with Crippen LogP contribution in [0.15, 0.2) is 0 Å². The first-order valence-corrected chi connectivity index (χ1v) is 7.72. The van der Waals surface area contributed by atoms with Gasteiger partial charge >= 0.3 is 0 Å². The zero-order chi connectivity index (χ0) is 13.9. The summed E-state index contributed by atoms with van der Waals surface area (Å²) in [5.74, 6) is -0.0425. The van der Waals surface area contributed by atoms with Crippen molar-refractivity contribution >= 4 is 23.1 Å². The fraction of sp³-hybridized carbons (Fsp3) is 0.857. The van der Waals surface area contributed by atoms with Crippen molar-refractivity contribution in [2.45, 2.75) is 76.0 Å². The first kappa shape index (κ1) is 14.7. The molecule has 4 nitrogen and oxygen atoms in total. The summed E-state index contributed by atoms with van der Waals surface area (Å²) in [5.41, 5.74) is 5.43. The zero-order valence-corrected chi connectivity index (χ0v) is 12.4. The normalized spacial score (nSPS) is 30.6. The number of amides is 1. The van der Waals surface area contributed by atoms with E-state index < -0.39 is 5.54 Å². The second kappa shape index (κ2) is 6.18. The number of nitrogens with one attached hydrogen (secondary N) is 1. The third kappa shape index (κ3) is 3.45. The van der Waals surface area contributed by atoms with E-state index in [-0.39, 0.29) is 18.1 Å². The van der Waals surface area contributed by atoms with Gasteiger partial charge in [-0.2, -0.15) is 0 Å². The standard InChI is InChI=1S/C14H24N2O2S/c1-10-6-7-11(18-10)12(17)16-14(13(15)19)8-4-2-3-5-9-14/h10-11H,2-9H2,1H3,(H2,15,19)(H,16,17). The highest BCUT2D eigenvalue weighted by atomic mass is 32.1. The van der Waals surface area contributed by atoms with Crippen LogP contribution >= 0.6 is 12.2 Å². The van der Waals surface area contributed by atoms with E-state index in [4.69, 9.17) is 22.7 Å². The number of carbonyl (C=O) groups is 1. The van der Waals surface area contributed by atoms with Gasteiger partial charge in [0.15, 0.2) is 0 Å². The molecule has 2 atom stereocenters. The van der Waals surface area contributed by atoms with Gasteiger partial charge in [-0.3, -0.25) is 4.79 Å². The number of rotatable bonds is 3. The molecule has 2 fully saturated rings. The van der Waals surface area contributed by atoms with Gasteiger partial charge in [-0.15, -0.1) is 0 Å². The molecule has 0 aromatic carbocycles. The summed E-state index contributed by atoms with van der Waals surface area (Å²) in [6, 6.07) is 0. The van der Waals surface area contributed by atoms with Crippen LogP contribution in [-0.4, -0.2) is 28.6 Å². The Labute approximate surface area is 120 Å². The summed E-state index contributed by atoms with van der Waals surface area (Å²) in [5, 5.41) is 3.10. The molecule has 2 rings (SSSR count). The van der Waals surface area contributed by atoms with Gasteiger partial charge in [-0.1, -0.05) is 37.9 Å². The number of ether oxygens (including phenoxy) is 1. The largest absolute Gasteiger partial charge is 0.391 e. The second-order valence-corrected chi connectivity index (χ2v) is 6.30. The van der Waals surface area contributed by atoms with Crippen molar-refractivity contribution in [1.82, 2.24) is 5.32 Å². The van der Waals surface area contributed by atoms with Gasteiger partial charge in [0.1, 0.15) is 6.10 Å². The van der Waals surface area contributed by atoms with Gasteiger partial charge in [0.25, 0.3) is 0 Å². The number of hydrogen-bond donors (Lipinski definition) is 2. The Bertz CT molecular complexity index is 351. The molecular formula is C14H24N2O2S. The summed E-state index contributed by atoms with van der Waals surface area (Å²) >= 11 is 5.23. The molecule has 0 aromatic heterocycles. The molecule has 0 bridgehead atoms. The van der Waals surface area contributed by atoms with E-state index in [9.17, 15) is 4.79 Å². The highest BCUT2D eigenvalue weighted by Crippen LogP contribution is 2.29. The van der Waals surface area contributed by atoms with Crippen molar-refractivity contribution in [2.75, 3.05) is 0 Å². The molecule has 1 saturated heterocycles. The van der Waals surface area contributed by atoms with Gasteiger partial charge in [0.2, 0.25) is 5.91 Å². The first-order chi connectivity index (χ1) is 9.03. The van der Waals surface area contributed by atoms with Crippen LogP contribution in [0.3, 0.4) is 0 Å². The first-order valence-electron chi connectivity index (χ1n) is 7.31. The minimum atomic E-state index is -0.488. The van der Waals surface area contributed by atoms with Crippen LogP contribution in [0, 0.1) is 0 Å². The van der Waals surface area contributed by atoms with Crippen molar-refractivity contribution in [3.8, 4) is 0 Å². The molecule has 1 heterocycles. The molecule has 108 valence electrons. The van der Waals surface area contributed by atoms with E-state index in [0.29, 0.717) is 4.99 Å². The smallest absolute Gasteiger partial charge is 0.249 e. The van der Waals surface area contributed by atoms with Gasteiger partial charge < -0.3 is 15.8 Å². The second-order valence-electron chi connectivity index (χ2n) is 5.86. The number of carbonyl (C=O) groups excluding carboxylic acids is 1. The lowest BCUT2D eigenvalue weighted by atomic mass is 9.89. The number of nitrogens with two attached hydrogens (primary N) is 1. The summed E-state index contributed by atoms with van der Waals surface area (Å²) in [6.07, 6.45) is 7.81. The Balaban J connectivity index is 2.03. The van der Waals surface area contributed by atoms with Crippen LogP contribution in [0.25, 0.3) is 0 Å².